The largest absolute Gasteiger partial charge is 0.0622 e. The van der Waals surface area contributed by atoms with Crippen LogP contribution in [-0.2, 0) is 5.41 Å². The zero-order valence-electron chi connectivity index (χ0n) is 27.7. The molecule has 0 spiro atoms. The van der Waals surface area contributed by atoms with Gasteiger partial charge in [-0.3, -0.25) is 0 Å². The van der Waals surface area contributed by atoms with Crippen molar-refractivity contribution in [1.29, 1.82) is 0 Å². The molecule has 9 aromatic carbocycles. The van der Waals surface area contributed by atoms with Crippen molar-refractivity contribution >= 4 is 43.1 Å². The van der Waals surface area contributed by atoms with Gasteiger partial charge in [0.15, 0.2) is 0 Å². The maximum Gasteiger partial charge on any atom is 0.0165 e. The molecule has 230 valence electrons. The fourth-order valence-corrected chi connectivity index (χ4v) is 8.95. The second-order valence-corrected chi connectivity index (χ2v) is 14.0. The molecule has 0 heterocycles. The van der Waals surface area contributed by atoms with Gasteiger partial charge in [0.2, 0.25) is 0 Å². The molecular formula is C49H34. The summed E-state index contributed by atoms with van der Waals surface area (Å²) in [5.41, 5.74) is 13.0. The van der Waals surface area contributed by atoms with Gasteiger partial charge in [-0.25, -0.2) is 0 Å². The smallest absolute Gasteiger partial charge is 0.0165 e. The van der Waals surface area contributed by atoms with E-state index in [-0.39, 0.29) is 5.41 Å². The normalized spacial score (nSPS) is 13.3. The minimum Gasteiger partial charge on any atom is -0.0622 e. The topological polar surface area (TPSA) is 0 Å². The predicted molar refractivity (Wildman–Crippen MR) is 210 cm³/mol. The maximum atomic E-state index is 2.42. The van der Waals surface area contributed by atoms with Crippen molar-refractivity contribution in [2.45, 2.75) is 19.3 Å². The van der Waals surface area contributed by atoms with E-state index in [1.165, 1.54) is 98.7 Å². The summed E-state index contributed by atoms with van der Waals surface area (Å²) in [4.78, 5) is 0. The average Bonchev–Trinajstić information content (AvgIpc) is 3.41. The zero-order chi connectivity index (χ0) is 32.7. The monoisotopic (exact) mass is 622 g/mol. The minimum atomic E-state index is -0.159. The van der Waals surface area contributed by atoms with Gasteiger partial charge in [-0.05, 0) is 105 Å². The summed E-state index contributed by atoms with van der Waals surface area (Å²) in [5, 5.41) is 10.5. The van der Waals surface area contributed by atoms with Crippen LogP contribution in [0.4, 0.5) is 0 Å². The average molecular weight is 623 g/mol. The van der Waals surface area contributed by atoms with Crippen LogP contribution in [0.1, 0.15) is 25.0 Å². The summed E-state index contributed by atoms with van der Waals surface area (Å²) in [7, 11) is 0. The van der Waals surface area contributed by atoms with E-state index in [1.54, 1.807) is 0 Å². The molecule has 0 fully saturated rings. The van der Waals surface area contributed by atoms with Gasteiger partial charge >= 0.3 is 0 Å². The number of benzene rings is 9. The quantitative estimate of drug-likeness (QED) is 0.136. The van der Waals surface area contributed by atoms with Crippen LogP contribution < -0.4 is 0 Å². The molecule has 0 aliphatic heterocycles. The fourth-order valence-electron chi connectivity index (χ4n) is 8.95. The number of rotatable bonds is 3. The Kier molecular flexibility index (Phi) is 6.02. The molecule has 10 rings (SSSR count). The van der Waals surface area contributed by atoms with Crippen LogP contribution in [0.5, 0.6) is 0 Å². The summed E-state index contributed by atoms with van der Waals surface area (Å²) >= 11 is 0. The van der Waals surface area contributed by atoms with Crippen molar-refractivity contribution in [2.75, 3.05) is 0 Å². The Labute approximate surface area is 286 Å². The predicted octanol–water partition coefficient (Wildman–Crippen LogP) is 13.6. The van der Waals surface area contributed by atoms with E-state index in [1.807, 2.05) is 0 Å². The van der Waals surface area contributed by atoms with Crippen molar-refractivity contribution < 1.29 is 0 Å². The fraction of sp³-hybridized carbons (Fsp3) is 0.0612. The van der Waals surface area contributed by atoms with E-state index in [4.69, 9.17) is 0 Å². The Bertz CT molecular complexity index is 2720. The van der Waals surface area contributed by atoms with Gasteiger partial charge in [-0.15, -0.1) is 0 Å². The highest BCUT2D eigenvalue weighted by Crippen LogP contribution is 2.58. The van der Waals surface area contributed by atoms with Gasteiger partial charge in [0.25, 0.3) is 0 Å². The molecule has 9 aromatic rings. The van der Waals surface area contributed by atoms with E-state index >= 15 is 0 Å². The first-order chi connectivity index (χ1) is 24.1. The Morgan fingerprint density at radius 1 is 0.306 bits per heavy atom. The second-order valence-electron chi connectivity index (χ2n) is 14.0. The lowest BCUT2D eigenvalue weighted by Crippen LogP contribution is -2.15. The molecule has 0 nitrogen and oxygen atoms in total. The van der Waals surface area contributed by atoms with Crippen molar-refractivity contribution in [3.05, 3.63) is 181 Å². The summed E-state index contributed by atoms with van der Waals surface area (Å²) in [6.45, 7) is 4.84. The standard InChI is InChI=1S/C49H34/c1-49(2)43-29-15-28-42(46(43)47-36-22-8-6-20-34(36)35-21-7-13-27-41(35)48(47)49)45-39-25-11-9-23-37(39)44(38-24-10-12-26-40(38)45)33-19-14-18-32(30-33)31-16-4-3-5-17-31/h3-30H,1-2H3. The molecule has 49 heavy (non-hydrogen) atoms. The van der Waals surface area contributed by atoms with Crippen LogP contribution in [0, 0.1) is 0 Å². The molecule has 0 heteroatoms. The first kappa shape index (κ1) is 28.1. The third-order valence-corrected chi connectivity index (χ3v) is 11.0. The summed E-state index contributed by atoms with van der Waals surface area (Å²) in [6, 6.07) is 62.9. The molecule has 0 amide bonds. The van der Waals surface area contributed by atoms with E-state index in [2.05, 4.69) is 184 Å². The lowest BCUT2D eigenvalue weighted by molar-refractivity contribution is 0.666. The highest BCUT2D eigenvalue weighted by Gasteiger charge is 2.40. The molecule has 0 unspecified atom stereocenters. The van der Waals surface area contributed by atoms with Crippen molar-refractivity contribution in [3.8, 4) is 44.5 Å². The summed E-state index contributed by atoms with van der Waals surface area (Å²) in [6.07, 6.45) is 0. The lowest BCUT2D eigenvalue weighted by atomic mass is 9.79. The van der Waals surface area contributed by atoms with Crippen LogP contribution in [0.25, 0.3) is 87.6 Å². The molecule has 0 saturated heterocycles. The third-order valence-electron chi connectivity index (χ3n) is 11.0. The molecule has 0 N–H and O–H groups in total. The molecular weight excluding hydrogens is 589 g/mol. The molecule has 1 aliphatic carbocycles. The second kappa shape index (κ2) is 10.5. The van der Waals surface area contributed by atoms with Crippen LogP contribution in [0.2, 0.25) is 0 Å². The van der Waals surface area contributed by atoms with Gasteiger partial charge in [0, 0.05) is 5.41 Å². The van der Waals surface area contributed by atoms with Crippen LogP contribution >= 0.6 is 0 Å². The zero-order valence-corrected chi connectivity index (χ0v) is 27.7. The van der Waals surface area contributed by atoms with Gasteiger partial charge < -0.3 is 0 Å². The molecule has 1 aliphatic rings. The number of hydrogen-bond acceptors (Lipinski definition) is 0. The first-order valence-electron chi connectivity index (χ1n) is 17.3. The van der Waals surface area contributed by atoms with E-state index < -0.39 is 0 Å². The van der Waals surface area contributed by atoms with Crippen molar-refractivity contribution in [2.24, 2.45) is 0 Å². The summed E-state index contributed by atoms with van der Waals surface area (Å²) in [5.74, 6) is 0. The van der Waals surface area contributed by atoms with Crippen LogP contribution in [0.15, 0.2) is 170 Å². The van der Waals surface area contributed by atoms with Gasteiger partial charge in [0.05, 0.1) is 0 Å². The van der Waals surface area contributed by atoms with Crippen molar-refractivity contribution in [3.63, 3.8) is 0 Å². The van der Waals surface area contributed by atoms with Crippen LogP contribution in [0.3, 0.4) is 0 Å². The van der Waals surface area contributed by atoms with E-state index in [0.717, 1.165) is 0 Å². The number of fused-ring (bicyclic) bond motifs is 10. The lowest BCUT2D eigenvalue weighted by Gasteiger charge is -2.24. The summed E-state index contributed by atoms with van der Waals surface area (Å²) < 4.78 is 0. The molecule has 0 radical (unpaired) electrons. The highest BCUT2D eigenvalue weighted by molar-refractivity contribution is 6.25. The third kappa shape index (κ3) is 3.98. The Balaban J connectivity index is 1.33. The van der Waals surface area contributed by atoms with Gasteiger partial charge in [-0.2, -0.15) is 0 Å². The Morgan fingerprint density at radius 3 is 1.39 bits per heavy atom. The van der Waals surface area contributed by atoms with Crippen LogP contribution in [-0.4, -0.2) is 0 Å². The van der Waals surface area contributed by atoms with E-state index in [9.17, 15) is 0 Å². The van der Waals surface area contributed by atoms with Crippen molar-refractivity contribution in [1.82, 2.24) is 0 Å². The molecule has 0 atom stereocenters. The molecule has 0 aromatic heterocycles. The Hall–Kier alpha value is -5.98. The first-order valence-corrected chi connectivity index (χ1v) is 17.3. The van der Waals surface area contributed by atoms with Gasteiger partial charge in [-0.1, -0.05) is 178 Å². The van der Waals surface area contributed by atoms with E-state index in [0.29, 0.717) is 0 Å². The maximum absolute atomic E-state index is 2.42. The highest BCUT2D eigenvalue weighted by atomic mass is 14.4. The number of hydrogen-bond donors (Lipinski definition) is 0. The van der Waals surface area contributed by atoms with Gasteiger partial charge in [0.1, 0.15) is 0 Å². The Morgan fingerprint density at radius 2 is 0.755 bits per heavy atom. The molecule has 0 saturated carbocycles. The minimum absolute atomic E-state index is 0.159. The molecule has 0 bridgehead atoms. The SMILES string of the molecule is CC1(C)c2cccc(-c3c4ccccc4c(-c4cccc(-c5ccccc5)c4)c4ccccc34)c2-c2c1c1ccccc1c1ccccc21.